The van der Waals surface area contributed by atoms with Gasteiger partial charge in [0.05, 0.1) is 17.7 Å². The summed E-state index contributed by atoms with van der Waals surface area (Å²) in [6.45, 7) is -0.306. The Kier molecular flexibility index (Phi) is 6.48. The smallest absolute Gasteiger partial charge is 0.262 e. The molecule has 0 atom stereocenters. The van der Waals surface area contributed by atoms with Crippen LogP contribution in [0, 0.1) is 5.82 Å². The number of nitrogens with one attached hydrogen (secondary N) is 2. The van der Waals surface area contributed by atoms with Crippen molar-refractivity contribution in [1.29, 1.82) is 0 Å². The number of carbonyl (C=O) groups is 1. The second-order valence-corrected chi connectivity index (χ2v) is 7.71. The van der Waals surface area contributed by atoms with E-state index in [1.54, 1.807) is 12.1 Å². The first-order chi connectivity index (χ1) is 14.4. The predicted octanol–water partition coefficient (Wildman–Crippen LogP) is 3.05. The Morgan fingerprint density at radius 1 is 1.00 bits per heavy atom. The van der Waals surface area contributed by atoms with E-state index in [4.69, 9.17) is 9.47 Å². The fraction of sp³-hybridized carbons (Fsp3) is 0.100. The van der Waals surface area contributed by atoms with Gasteiger partial charge in [-0.05, 0) is 36.4 Å². The number of anilines is 2. The molecule has 0 aliphatic heterocycles. The van der Waals surface area contributed by atoms with E-state index in [9.17, 15) is 17.6 Å². The molecule has 0 saturated heterocycles. The van der Waals surface area contributed by atoms with Gasteiger partial charge in [0.2, 0.25) is 0 Å². The van der Waals surface area contributed by atoms with Crippen molar-refractivity contribution in [3.05, 3.63) is 72.8 Å². The van der Waals surface area contributed by atoms with Crippen molar-refractivity contribution in [3.8, 4) is 11.5 Å². The fourth-order valence-corrected chi connectivity index (χ4v) is 3.48. The Morgan fingerprint density at radius 3 is 2.33 bits per heavy atom. The summed E-state index contributed by atoms with van der Waals surface area (Å²) in [6, 6.07) is 12.0. The van der Waals surface area contributed by atoms with Crippen LogP contribution in [0.15, 0.2) is 71.9 Å². The largest absolute Gasteiger partial charge is 0.497 e. The lowest BCUT2D eigenvalue weighted by atomic mass is 10.3. The number of halogens is 1. The molecule has 0 spiro atoms. The standard InChI is InChI=1S/C20H18FN3O5S/c1-28-17-10-16(24-30(26,27)19-4-2-14(21)3-5-19)11-18(12-17)29-13-20(25)23-15-6-8-22-9-7-15/h2-12,24H,13H2,1H3,(H,22,23,25). The first-order valence-electron chi connectivity index (χ1n) is 8.66. The number of sulfonamides is 1. The van der Waals surface area contributed by atoms with Gasteiger partial charge in [-0.1, -0.05) is 0 Å². The molecular formula is C20H18FN3O5S. The number of hydrogen-bond acceptors (Lipinski definition) is 6. The van der Waals surface area contributed by atoms with E-state index in [0.717, 1.165) is 24.3 Å². The number of ether oxygens (including phenoxy) is 2. The number of benzene rings is 2. The molecule has 3 rings (SSSR count). The van der Waals surface area contributed by atoms with Gasteiger partial charge in [-0.3, -0.25) is 14.5 Å². The second kappa shape index (κ2) is 9.23. The molecule has 156 valence electrons. The second-order valence-electron chi connectivity index (χ2n) is 6.03. The van der Waals surface area contributed by atoms with Crippen molar-refractivity contribution < 1.29 is 27.1 Å². The van der Waals surface area contributed by atoms with Gasteiger partial charge in [-0.15, -0.1) is 0 Å². The molecule has 8 nitrogen and oxygen atoms in total. The van der Waals surface area contributed by atoms with Crippen LogP contribution < -0.4 is 19.5 Å². The molecule has 0 saturated carbocycles. The number of carbonyl (C=O) groups excluding carboxylic acids is 1. The van der Waals surface area contributed by atoms with E-state index in [0.29, 0.717) is 11.4 Å². The van der Waals surface area contributed by atoms with Gasteiger partial charge in [0.15, 0.2) is 6.61 Å². The molecule has 0 aliphatic rings. The minimum absolute atomic E-state index is 0.106. The lowest BCUT2D eigenvalue weighted by Crippen LogP contribution is -2.20. The zero-order valence-corrected chi connectivity index (χ0v) is 16.6. The number of amides is 1. The highest BCUT2D eigenvalue weighted by Gasteiger charge is 2.16. The lowest BCUT2D eigenvalue weighted by Gasteiger charge is -2.13. The Morgan fingerprint density at radius 2 is 1.67 bits per heavy atom. The van der Waals surface area contributed by atoms with Crippen molar-refractivity contribution in [2.75, 3.05) is 23.8 Å². The molecule has 1 aromatic heterocycles. The summed E-state index contributed by atoms with van der Waals surface area (Å²) in [5.41, 5.74) is 0.722. The molecule has 30 heavy (non-hydrogen) atoms. The summed E-state index contributed by atoms with van der Waals surface area (Å²) in [6.07, 6.45) is 3.08. The first kappa shape index (κ1) is 21.1. The molecule has 3 aromatic rings. The summed E-state index contributed by atoms with van der Waals surface area (Å²) >= 11 is 0. The van der Waals surface area contributed by atoms with Crippen molar-refractivity contribution >= 4 is 27.3 Å². The van der Waals surface area contributed by atoms with Crippen LogP contribution in [0.5, 0.6) is 11.5 Å². The molecule has 0 unspecified atom stereocenters. The van der Waals surface area contributed by atoms with E-state index in [-0.39, 0.29) is 22.9 Å². The maximum atomic E-state index is 13.1. The van der Waals surface area contributed by atoms with Gasteiger partial charge in [0.1, 0.15) is 17.3 Å². The fourth-order valence-electron chi connectivity index (χ4n) is 2.44. The maximum Gasteiger partial charge on any atom is 0.262 e. The molecule has 10 heteroatoms. The van der Waals surface area contributed by atoms with Gasteiger partial charge in [0.25, 0.3) is 15.9 Å². The van der Waals surface area contributed by atoms with Crippen LogP contribution in [0.3, 0.4) is 0 Å². The Hall–Kier alpha value is -3.66. The Balaban J connectivity index is 1.71. The average Bonchev–Trinajstić information content (AvgIpc) is 2.73. The summed E-state index contributed by atoms with van der Waals surface area (Å²) in [7, 11) is -2.55. The molecule has 1 amide bonds. The maximum absolute atomic E-state index is 13.1. The summed E-state index contributed by atoms with van der Waals surface area (Å²) < 4.78 is 51.1. The predicted molar refractivity (Wildman–Crippen MR) is 109 cm³/mol. The average molecular weight is 431 g/mol. The summed E-state index contributed by atoms with van der Waals surface area (Å²) in [5, 5.41) is 2.64. The van der Waals surface area contributed by atoms with Crippen molar-refractivity contribution in [2.45, 2.75) is 4.90 Å². The number of methoxy groups -OCH3 is 1. The normalized spacial score (nSPS) is 10.9. The molecule has 0 bridgehead atoms. The molecule has 0 fully saturated rings. The van der Waals surface area contributed by atoms with Gasteiger partial charge in [0, 0.05) is 36.3 Å². The Bertz CT molecular complexity index is 1120. The highest BCUT2D eigenvalue weighted by Crippen LogP contribution is 2.28. The minimum Gasteiger partial charge on any atom is -0.497 e. The number of pyridine rings is 1. The van der Waals surface area contributed by atoms with Crippen LogP contribution >= 0.6 is 0 Å². The van der Waals surface area contributed by atoms with E-state index in [2.05, 4.69) is 15.0 Å². The van der Waals surface area contributed by atoms with Crippen molar-refractivity contribution in [1.82, 2.24) is 4.98 Å². The lowest BCUT2D eigenvalue weighted by molar-refractivity contribution is -0.118. The highest BCUT2D eigenvalue weighted by molar-refractivity contribution is 7.92. The SMILES string of the molecule is COc1cc(NS(=O)(=O)c2ccc(F)cc2)cc(OCC(=O)Nc2ccncc2)c1. The monoisotopic (exact) mass is 431 g/mol. The zero-order valence-electron chi connectivity index (χ0n) is 15.8. The number of rotatable bonds is 8. The van der Waals surface area contributed by atoms with Crippen LogP contribution in [0.4, 0.5) is 15.8 Å². The highest BCUT2D eigenvalue weighted by atomic mass is 32.2. The molecular weight excluding hydrogens is 413 g/mol. The molecule has 2 aromatic carbocycles. The Labute approximate surface area is 172 Å². The van der Waals surface area contributed by atoms with Crippen LogP contribution in [-0.4, -0.2) is 33.0 Å². The third-order valence-corrected chi connectivity index (χ3v) is 5.22. The number of aromatic nitrogens is 1. The van der Waals surface area contributed by atoms with Gasteiger partial charge in [-0.2, -0.15) is 0 Å². The quantitative estimate of drug-likeness (QED) is 0.568. The van der Waals surface area contributed by atoms with Crippen LogP contribution in [0.1, 0.15) is 0 Å². The van der Waals surface area contributed by atoms with E-state index in [1.807, 2.05) is 0 Å². The zero-order chi connectivity index (χ0) is 21.6. The summed E-state index contributed by atoms with van der Waals surface area (Å²) in [5.74, 6) is -0.414. The summed E-state index contributed by atoms with van der Waals surface area (Å²) in [4.78, 5) is 15.8. The van der Waals surface area contributed by atoms with Gasteiger partial charge in [-0.25, -0.2) is 12.8 Å². The topological polar surface area (TPSA) is 107 Å². The van der Waals surface area contributed by atoms with Crippen LogP contribution in [0.2, 0.25) is 0 Å². The van der Waals surface area contributed by atoms with E-state index < -0.39 is 21.7 Å². The number of hydrogen-bond donors (Lipinski definition) is 2. The van der Waals surface area contributed by atoms with E-state index in [1.165, 1.54) is 37.7 Å². The number of nitrogens with zero attached hydrogens (tertiary/aromatic N) is 1. The molecule has 0 aliphatic carbocycles. The van der Waals surface area contributed by atoms with Gasteiger partial charge < -0.3 is 14.8 Å². The van der Waals surface area contributed by atoms with Crippen molar-refractivity contribution in [2.24, 2.45) is 0 Å². The minimum atomic E-state index is -3.96. The van der Waals surface area contributed by atoms with Gasteiger partial charge >= 0.3 is 0 Å². The molecule has 0 radical (unpaired) electrons. The van der Waals surface area contributed by atoms with Crippen molar-refractivity contribution in [3.63, 3.8) is 0 Å². The first-order valence-corrected chi connectivity index (χ1v) is 10.1. The third kappa shape index (κ3) is 5.67. The third-order valence-electron chi connectivity index (χ3n) is 3.83. The molecule has 2 N–H and O–H groups in total. The van der Waals surface area contributed by atoms with Crippen LogP contribution in [0.25, 0.3) is 0 Å². The molecule has 1 heterocycles. The van der Waals surface area contributed by atoms with Crippen LogP contribution in [-0.2, 0) is 14.8 Å². The van der Waals surface area contributed by atoms with E-state index >= 15 is 0 Å².